The third-order valence-corrected chi connectivity index (χ3v) is 4.94. The number of carbonyl (C=O) groups is 1. The highest BCUT2D eigenvalue weighted by Crippen LogP contribution is 2.35. The second kappa shape index (κ2) is 8.43. The van der Waals surface area contributed by atoms with Gasteiger partial charge in [-0.3, -0.25) is 4.79 Å². The molecule has 1 heterocycles. The molecule has 0 fully saturated rings. The number of para-hydroxylation sites is 1. The molecule has 0 saturated heterocycles. The van der Waals surface area contributed by atoms with Crippen molar-refractivity contribution >= 4 is 28.4 Å². The molecule has 1 aromatic heterocycles. The summed E-state index contributed by atoms with van der Waals surface area (Å²) in [5.41, 5.74) is 1.83. The molecule has 6 heteroatoms. The molecule has 0 aliphatic rings. The van der Waals surface area contributed by atoms with E-state index in [1.54, 1.807) is 30.3 Å². The Kier molecular flexibility index (Phi) is 5.55. The van der Waals surface area contributed by atoms with Gasteiger partial charge in [-0.1, -0.05) is 54.1 Å². The summed E-state index contributed by atoms with van der Waals surface area (Å²) in [5, 5.41) is 0.982. The molecule has 5 nitrogen and oxygen atoms in total. The second-order valence-corrected chi connectivity index (χ2v) is 6.94. The van der Waals surface area contributed by atoms with Crippen LogP contribution in [0.5, 0.6) is 11.5 Å². The maximum Gasteiger partial charge on any atom is 0.336 e. The summed E-state index contributed by atoms with van der Waals surface area (Å²) in [6, 6.07) is 21.0. The topological polar surface area (TPSA) is 65.7 Å². The fourth-order valence-corrected chi connectivity index (χ4v) is 3.44. The lowest BCUT2D eigenvalue weighted by atomic mass is 10.0. The Balaban J connectivity index is 1.67. The normalized spacial score (nSPS) is 10.7. The van der Waals surface area contributed by atoms with Crippen molar-refractivity contribution in [1.82, 2.24) is 0 Å². The van der Waals surface area contributed by atoms with Gasteiger partial charge in [0, 0.05) is 17.5 Å². The number of ketones is 1. The zero-order valence-corrected chi connectivity index (χ0v) is 16.8. The van der Waals surface area contributed by atoms with E-state index in [1.807, 2.05) is 30.3 Å². The minimum atomic E-state index is -0.486. The average Bonchev–Trinajstić information content (AvgIpc) is 2.77. The van der Waals surface area contributed by atoms with E-state index in [4.69, 9.17) is 25.5 Å². The van der Waals surface area contributed by atoms with Gasteiger partial charge in [-0.2, -0.15) is 0 Å². The van der Waals surface area contributed by atoms with Crippen molar-refractivity contribution in [3.05, 3.63) is 93.8 Å². The Bertz CT molecular complexity index is 1280. The van der Waals surface area contributed by atoms with Crippen molar-refractivity contribution in [1.29, 1.82) is 0 Å². The molecule has 0 N–H and O–H groups in total. The second-order valence-electron chi connectivity index (χ2n) is 6.54. The molecule has 0 amide bonds. The predicted molar refractivity (Wildman–Crippen MR) is 116 cm³/mol. The molecule has 0 radical (unpaired) electrons. The highest BCUT2D eigenvalue weighted by molar-refractivity contribution is 6.33. The first kappa shape index (κ1) is 19.7. The van der Waals surface area contributed by atoms with Gasteiger partial charge in [-0.15, -0.1) is 0 Å². The molecule has 4 aromatic rings. The number of hydrogen-bond donors (Lipinski definition) is 0. The molecule has 0 aliphatic carbocycles. The summed E-state index contributed by atoms with van der Waals surface area (Å²) >= 11 is 6.41. The first-order valence-electron chi connectivity index (χ1n) is 9.18. The van der Waals surface area contributed by atoms with Crippen LogP contribution in [0.3, 0.4) is 0 Å². The van der Waals surface area contributed by atoms with E-state index in [-0.39, 0.29) is 18.1 Å². The van der Waals surface area contributed by atoms with Crippen molar-refractivity contribution < 1.29 is 18.7 Å². The van der Waals surface area contributed by atoms with Gasteiger partial charge in [0.1, 0.15) is 17.1 Å². The van der Waals surface area contributed by atoms with Gasteiger partial charge in [0.2, 0.25) is 5.78 Å². The van der Waals surface area contributed by atoms with Gasteiger partial charge < -0.3 is 13.9 Å². The summed E-state index contributed by atoms with van der Waals surface area (Å²) in [7, 11) is 1.50. The summed E-state index contributed by atoms with van der Waals surface area (Å²) in [4.78, 5) is 24.6. The van der Waals surface area contributed by atoms with Crippen molar-refractivity contribution in [2.45, 2.75) is 0 Å². The Morgan fingerprint density at radius 3 is 2.47 bits per heavy atom. The van der Waals surface area contributed by atoms with E-state index in [2.05, 4.69) is 0 Å². The standard InChI is InChI=1S/C24H17ClO5/c1-28-21-10-6-5-9-16(21)20(26)14-29-23-13-22-18(11-19(23)25)17(12-24(27)30-22)15-7-3-2-4-8-15/h2-13H,14H2,1H3. The van der Waals surface area contributed by atoms with E-state index in [0.29, 0.717) is 32.9 Å². The van der Waals surface area contributed by atoms with Gasteiger partial charge >= 0.3 is 5.63 Å². The molecule has 3 aromatic carbocycles. The van der Waals surface area contributed by atoms with E-state index >= 15 is 0 Å². The summed E-state index contributed by atoms with van der Waals surface area (Å²) in [6.45, 7) is -0.242. The largest absolute Gasteiger partial charge is 0.496 e. The molecule has 150 valence electrons. The zero-order valence-electron chi connectivity index (χ0n) is 16.1. The number of Topliss-reactive ketones (excluding diaryl/α,β-unsaturated/α-hetero) is 1. The minimum Gasteiger partial charge on any atom is -0.496 e. The highest BCUT2D eigenvalue weighted by atomic mass is 35.5. The van der Waals surface area contributed by atoms with Crippen LogP contribution in [-0.4, -0.2) is 19.5 Å². The van der Waals surface area contributed by atoms with Crippen LogP contribution >= 0.6 is 11.6 Å². The Hall–Kier alpha value is -3.57. The molecule has 0 spiro atoms. The molecule has 0 saturated carbocycles. The number of methoxy groups -OCH3 is 1. The Labute approximate surface area is 177 Å². The van der Waals surface area contributed by atoms with Crippen LogP contribution in [-0.2, 0) is 0 Å². The monoisotopic (exact) mass is 420 g/mol. The van der Waals surface area contributed by atoms with Crippen molar-refractivity contribution in [2.24, 2.45) is 0 Å². The molecule has 4 rings (SSSR count). The van der Waals surface area contributed by atoms with Gasteiger partial charge in [-0.25, -0.2) is 4.79 Å². The van der Waals surface area contributed by atoms with Gasteiger partial charge in [0.05, 0.1) is 17.7 Å². The average molecular weight is 421 g/mol. The predicted octanol–water partition coefficient (Wildman–Crippen LogP) is 5.38. The fourth-order valence-electron chi connectivity index (χ4n) is 3.23. The van der Waals surface area contributed by atoms with Crippen LogP contribution < -0.4 is 15.1 Å². The molecule has 30 heavy (non-hydrogen) atoms. The minimum absolute atomic E-state index is 0.242. The lowest BCUT2D eigenvalue weighted by molar-refractivity contribution is 0.0918. The van der Waals surface area contributed by atoms with E-state index in [9.17, 15) is 9.59 Å². The number of fused-ring (bicyclic) bond motifs is 1. The Morgan fingerprint density at radius 1 is 0.967 bits per heavy atom. The number of benzene rings is 3. The van der Waals surface area contributed by atoms with Crippen LogP contribution in [0.1, 0.15) is 10.4 Å². The summed E-state index contributed by atoms with van der Waals surface area (Å²) in [5.74, 6) is 0.457. The third-order valence-electron chi connectivity index (χ3n) is 4.65. The van der Waals surface area contributed by atoms with Crippen LogP contribution in [0.15, 0.2) is 82.0 Å². The zero-order chi connectivity index (χ0) is 21.1. The lowest BCUT2D eigenvalue weighted by Gasteiger charge is -2.12. The molecular formula is C24H17ClO5. The third kappa shape index (κ3) is 3.93. The maximum atomic E-state index is 12.5. The van der Waals surface area contributed by atoms with E-state index in [0.717, 1.165) is 5.56 Å². The molecule has 0 aliphatic heterocycles. The van der Waals surface area contributed by atoms with Gasteiger partial charge in [-0.05, 0) is 29.3 Å². The van der Waals surface area contributed by atoms with Crippen LogP contribution in [0.25, 0.3) is 22.1 Å². The number of hydrogen-bond acceptors (Lipinski definition) is 5. The first-order chi connectivity index (χ1) is 14.6. The first-order valence-corrected chi connectivity index (χ1v) is 9.56. The molecule has 0 bridgehead atoms. The molecule has 0 atom stereocenters. The number of carbonyl (C=O) groups excluding carboxylic acids is 1. The number of rotatable bonds is 6. The van der Waals surface area contributed by atoms with E-state index < -0.39 is 5.63 Å². The van der Waals surface area contributed by atoms with Gasteiger partial charge in [0.15, 0.2) is 6.61 Å². The van der Waals surface area contributed by atoms with Crippen LogP contribution in [0.2, 0.25) is 5.02 Å². The van der Waals surface area contributed by atoms with Crippen LogP contribution in [0, 0.1) is 0 Å². The fraction of sp³-hybridized carbons (Fsp3) is 0.0833. The molecular weight excluding hydrogens is 404 g/mol. The number of ether oxygens (including phenoxy) is 2. The highest BCUT2D eigenvalue weighted by Gasteiger charge is 2.16. The van der Waals surface area contributed by atoms with Crippen molar-refractivity contribution in [2.75, 3.05) is 13.7 Å². The molecule has 0 unspecified atom stereocenters. The summed E-state index contributed by atoms with van der Waals surface area (Å²) in [6.07, 6.45) is 0. The smallest absolute Gasteiger partial charge is 0.336 e. The summed E-state index contributed by atoms with van der Waals surface area (Å²) < 4.78 is 16.2. The van der Waals surface area contributed by atoms with E-state index in [1.165, 1.54) is 19.2 Å². The van der Waals surface area contributed by atoms with Crippen molar-refractivity contribution in [3.8, 4) is 22.6 Å². The maximum absolute atomic E-state index is 12.5. The lowest BCUT2D eigenvalue weighted by Crippen LogP contribution is -2.13. The SMILES string of the molecule is COc1ccccc1C(=O)COc1cc2oc(=O)cc(-c3ccccc3)c2cc1Cl. The van der Waals surface area contributed by atoms with Gasteiger partial charge in [0.25, 0.3) is 0 Å². The van der Waals surface area contributed by atoms with Crippen LogP contribution in [0.4, 0.5) is 0 Å². The Morgan fingerprint density at radius 2 is 1.70 bits per heavy atom. The quantitative estimate of drug-likeness (QED) is 0.309. The van der Waals surface area contributed by atoms with Crippen molar-refractivity contribution in [3.63, 3.8) is 0 Å². The number of halogens is 1.